The molecule has 1 aliphatic heterocycles. The van der Waals surface area contributed by atoms with Crippen LogP contribution in [0, 0.1) is 5.41 Å². The molecule has 2 aliphatic carbocycles. The van der Waals surface area contributed by atoms with Gasteiger partial charge in [0.2, 0.25) is 0 Å². The largest absolute Gasteiger partial charge is 0.302 e. The molecule has 1 atom stereocenters. The van der Waals surface area contributed by atoms with Crippen LogP contribution in [-0.4, -0.2) is 18.5 Å². The van der Waals surface area contributed by atoms with Gasteiger partial charge in [0.1, 0.15) is 0 Å². The van der Waals surface area contributed by atoms with Crippen LogP contribution in [0.3, 0.4) is 0 Å². The summed E-state index contributed by atoms with van der Waals surface area (Å²) >= 11 is 0. The highest BCUT2D eigenvalue weighted by Crippen LogP contribution is 2.61. The zero-order chi connectivity index (χ0) is 14.8. The minimum atomic E-state index is 0.265. The molecular formula is C20H29N. The highest BCUT2D eigenvalue weighted by atomic mass is 15.1. The minimum Gasteiger partial charge on any atom is -0.302 e. The van der Waals surface area contributed by atoms with Crippen molar-refractivity contribution in [3.8, 4) is 0 Å². The summed E-state index contributed by atoms with van der Waals surface area (Å²) in [5.74, 6) is 0.857. The van der Waals surface area contributed by atoms with E-state index in [-0.39, 0.29) is 5.41 Å². The summed E-state index contributed by atoms with van der Waals surface area (Å²) in [6.07, 6.45) is 7.06. The predicted octanol–water partition coefficient (Wildman–Crippen LogP) is 4.63. The van der Waals surface area contributed by atoms with E-state index in [4.69, 9.17) is 0 Å². The lowest BCUT2D eigenvalue weighted by atomic mass is 9.71. The molecule has 0 N–H and O–H groups in total. The Morgan fingerprint density at radius 1 is 1.14 bits per heavy atom. The van der Waals surface area contributed by atoms with Crippen molar-refractivity contribution in [1.82, 2.24) is 4.90 Å². The van der Waals surface area contributed by atoms with E-state index < -0.39 is 0 Å². The van der Waals surface area contributed by atoms with Crippen LogP contribution in [0.2, 0.25) is 0 Å². The van der Waals surface area contributed by atoms with Gasteiger partial charge in [0, 0.05) is 13.1 Å². The van der Waals surface area contributed by atoms with Crippen molar-refractivity contribution in [1.29, 1.82) is 0 Å². The van der Waals surface area contributed by atoms with Crippen molar-refractivity contribution >= 4 is 0 Å². The second-order valence-corrected chi connectivity index (χ2v) is 8.94. The van der Waals surface area contributed by atoms with Crippen LogP contribution in [-0.2, 0) is 18.4 Å². The molecule has 1 aromatic rings. The molecule has 0 aromatic heterocycles. The number of benzene rings is 1. The molecule has 1 unspecified atom stereocenters. The Kier molecular flexibility index (Phi) is 2.86. The Morgan fingerprint density at radius 2 is 1.86 bits per heavy atom. The molecule has 1 fully saturated rings. The normalized spacial score (nSPS) is 27.3. The van der Waals surface area contributed by atoms with Crippen molar-refractivity contribution in [2.24, 2.45) is 5.41 Å². The van der Waals surface area contributed by atoms with Gasteiger partial charge in [0.15, 0.2) is 0 Å². The van der Waals surface area contributed by atoms with Gasteiger partial charge in [-0.25, -0.2) is 0 Å². The fourth-order valence-corrected chi connectivity index (χ4v) is 4.91. The Labute approximate surface area is 129 Å². The van der Waals surface area contributed by atoms with Crippen LogP contribution in [0.5, 0.6) is 0 Å². The lowest BCUT2D eigenvalue weighted by molar-refractivity contribution is 0.236. The van der Waals surface area contributed by atoms with Gasteiger partial charge in [-0.2, -0.15) is 0 Å². The quantitative estimate of drug-likeness (QED) is 0.671. The molecular weight excluding hydrogens is 254 g/mol. The number of fused-ring (bicyclic) bond motifs is 1. The molecule has 4 rings (SSSR count). The molecule has 0 radical (unpaired) electrons. The summed E-state index contributed by atoms with van der Waals surface area (Å²) in [4.78, 5) is 2.59. The van der Waals surface area contributed by atoms with E-state index in [2.05, 4.69) is 44.9 Å². The van der Waals surface area contributed by atoms with E-state index in [1.54, 1.807) is 16.7 Å². The van der Waals surface area contributed by atoms with Gasteiger partial charge < -0.3 is 4.90 Å². The van der Waals surface area contributed by atoms with Crippen molar-refractivity contribution in [2.75, 3.05) is 13.6 Å². The Bertz CT molecular complexity index is 574. The summed E-state index contributed by atoms with van der Waals surface area (Å²) in [6, 6.07) is 5.08. The minimum absolute atomic E-state index is 0.265. The maximum Gasteiger partial charge on any atom is 0.0233 e. The zero-order valence-corrected chi connectivity index (χ0v) is 14.1. The van der Waals surface area contributed by atoms with E-state index >= 15 is 0 Å². The molecule has 1 nitrogen and oxygen atoms in total. The fourth-order valence-electron chi connectivity index (χ4n) is 4.91. The molecule has 1 heteroatoms. The third kappa shape index (κ3) is 2.16. The lowest BCUT2D eigenvalue weighted by Crippen LogP contribution is -2.28. The molecule has 21 heavy (non-hydrogen) atoms. The first kappa shape index (κ1) is 13.8. The molecule has 1 aromatic carbocycles. The molecule has 3 aliphatic rings. The van der Waals surface area contributed by atoms with Gasteiger partial charge in [-0.3, -0.25) is 0 Å². The van der Waals surface area contributed by atoms with Crippen molar-refractivity contribution in [3.63, 3.8) is 0 Å². The molecule has 0 amide bonds. The smallest absolute Gasteiger partial charge is 0.0233 e. The van der Waals surface area contributed by atoms with Crippen molar-refractivity contribution in [2.45, 2.75) is 70.8 Å². The van der Waals surface area contributed by atoms with Gasteiger partial charge in [-0.05, 0) is 78.2 Å². The lowest BCUT2D eigenvalue weighted by Gasteiger charge is -2.34. The summed E-state index contributed by atoms with van der Waals surface area (Å²) in [5.41, 5.74) is 7.55. The third-order valence-electron chi connectivity index (χ3n) is 6.16. The van der Waals surface area contributed by atoms with Gasteiger partial charge in [0.05, 0.1) is 0 Å². The van der Waals surface area contributed by atoms with E-state index in [0.29, 0.717) is 5.41 Å². The van der Waals surface area contributed by atoms with Gasteiger partial charge in [-0.1, -0.05) is 32.9 Å². The summed E-state index contributed by atoms with van der Waals surface area (Å²) in [5, 5.41) is 0. The SMILES string of the molecule is CN1Cc2cc(C(C)(C)C)cc3c2C(CCC3)C2(CC2)C1. The average molecular weight is 283 g/mol. The van der Waals surface area contributed by atoms with Crippen LogP contribution in [0.15, 0.2) is 12.1 Å². The Balaban J connectivity index is 1.90. The van der Waals surface area contributed by atoms with E-state index in [0.717, 1.165) is 12.5 Å². The van der Waals surface area contributed by atoms with E-state index in [1.807, 2.05) is 0 Å². The molecule has 1 heterocycles. The highest BCUT2D eigenvalue weighted by molar-refractivity contribution is 5.47. The molecule has 0 bridgehead atoms. The second kappa shape index (κ2) is 4.35. The molecule has 1 spiro atoms. The summed E-state index contributed by atoms with van der Waals surface area (Å²) < 4.78 is 0. The average Bonchev–Trinajstić information content (AvgIpc) is 3.18. The van der Waals surface area contributed by atoms with Crippen molar-refractivity contribution < 1.29 is 0 Å². The maximum atomic E-state index is 2.59. The van der Waals surface area contributed by atoms with Gasteiger partial charge in [-0.15, -0.1) is 0 Å². The van der Waals surface area contributed by atoms with Gasteiger partial charge >= 0.3 is 0 Å². The monoisotopic (exact) mass is 283 g/mol. The Morgan fingerprint density at radius 3 is 2.52 bits per heavy atom. The predicted molar refractivity (Wildman–Crippen MR) is 88.8 cm³/mol. The molecule has 114 valence electrons. The third-order valence-corrected chi connectivity index (χ3v) is 6.16. The van der Waals surface area contributed by atoms with E-state index in [1.165, 1.54) is 44.2 Å². The molecule has 0 saturated heterocycles. The first-order valence-electron chi connectivity index (χ1n) is 8.74. The number of aryl methyl sites for hydroxylation is 1. The fraction of sp³-hybridized carbons (Fsp3) is 0.700. The Hall–Kier alpha value is -0.820. The van der Waals surface area contributed by atoms with Crippen LogP contribution in [0.25, 0.3) is 0 Å². The van der Waals surface area contributed by atoms with Crippen LogP contribution in [0.1, 0.15) is 74.6 Å². The topological polar surface area (TPSA) is 3.24 Å². The van der Waals surface area contributed by atoms with Crippen molar-refractivity contribution in [3.05, 3.63) is 34.4 Å². The van der Waals surface area contributed by atoms with Crippen LogP contribution < -0.4 is 0 Å². The zero-order valence-electron chi connectivity index (χ0n) is 14.1. The van der Waals surface area contributed by atoms with E-state index in [9.17, 15) is 0 Å². The van der Waals surface area contributed by atoms with Crippen LogP contribution >= 0.6 is 0 Å². The molecule has 1 saturated carbocycles. The second-order valence-electron chi connectivity index (χ2n) is 8.94. The first-order chi connectivity index (χ1) is 9.89. The van der Waals surface area contributed by atoms with Crippen LogP contribution in [0.4, 0.5) is 0 Å². The number of nitrogens with zero attached hydrogens (tertiary/aromatic N) is 1. The highest BCUT2D eigenvalue weighted by Gasteiger charge is 2.52. The first-order valence-corrected chi connectivity index (χ1v) is 8.74. The summed E-state index contributed by atoms with van der Waals surface area (Å²) in [7, 11) is 2.33. The number of rotatable bonds is 0. The summed E-state index contributed by atoms with van der Waals surface area (Å²) in [6.45, 7) is 9.53. The maximum absolute atomic E-state index is 2.59. The standard InChI is InChI=1S/C20H29N/c1-19(2,3)16-10-14-6-5-7-17-18(14)15(11-16)12-21(4)13-20(17)8-9-20/h10-11,17H,5-9,12-13H2,1-4H3. The van der Waals surface area contributed by atoms with Gasteiger partial charge in [0.25, 0.3) is 0 Å². The number of hydrogen-bond acceptors (Lipinski definition) is 1. The number of hydrogen-bond donors (Lipinski definition) is 0.